The molecule has 2 saturated heterocycles. The number of unbranched alkanes of at least 4 members (excludes halogenated alkanes) is 1. The molecule has 0 unspecified atom stereocenters. The number of amides is 3. The fourth-order valence-electron chi connectivity index (χ4n) is 3.84. The summed E-state index contributed by atoms with van der Waals surface area (Å²) in [6, 6.07) is 4.40. The lowest BCUT2D eigenvalue weighted by molar-refractivity contribution is -0.140. The van der Waals surface area contributed by atoms with Crippen LogP contribution in [0.2, 0.25) is 0 Å². The van der Waals surface area contributed by atoms with Gasteiger partial charge in [0.1, 0.15) is 0 Å². The summed E-state index contributed by atoms with van der Waals surface area (Å²) >= 11 is 1.66. The van der Waals surface area contributed by atoms with Gasteiger partial charge in [0.05, 0.1) is 6.54 Å². The summed E-state index contributed by atoms with van der Waals surface area (Å²) < 4.78 is 0. The van der Waals surface area contributed by atoms with Gasteiger partial charge >= 0.3 is 6.03 Å². The summed E-state index contributed by atoms with van der Waals surface area (Å²) in [7, 11) is 0. The molecule has 2 aliphatic heterocycles. The van der Waals surface area contributed by atoms with Crippen LogP contribution in [0.15, 0.2) is 17.5 Å². The normalized spacial score (nSPS) is 24.0. The number of nitrogens with zero attached hydrogens (tertiary/aromatic N) is 2. The summed E-state index contributed by atoms with van der Waals surface area (Å²) in [6.45, 7) is 5.15. The summed E-state index contributed by atoms with van der Waals surface area (Å²) in [6.07, 6.45) is 4.64. The maximum absolute atomic E-state index is 12.4. The SMILES string of the molecule is CCCCN1C(=O)CC[C@H]2CN(C(=O)NCc3cccs3)CC[C@H]21. The van der Waals surface area contributed by atoms with Crippen LogP contribution in [0.5, 0.6) is 0 Å². The third-order valence-corrected chi connectivity index (χ3v) is 6.05. The lowest BCUT2D eigenvalue weighted by Gasteiger charge is -2.47. The number of rotatable bonds is 5. The van der Waals surface area contributed by atoms with E-state index < -0.39 is 0 Å². The molecular formula is C18H27N3O2S. The van der Waals surface area contributed by atoms with Crippen LogP contribution in [0.4, 0.5) is 4.79 Å². The van der Waals surface area contributed by atoms with E-state index in [-0.39, 0.29) is 6.03 Å². The average molecular weight is 350 g/mol. The number of hydrogen-bond donors (Lipinski definition) is 1. The van der Waals surface area contributed by atoms with Crippen LogP contribution < -0.4 is 5.32 Å². The molecule has 3 heterocycles. The number of fused-ring (bicyclic) bond motifs is 1. The molecule has 0 saturated carbocycles. The monoisotopic (exact) mass is 349 g/mol. The molecule has 5 nitrogen and oxygen atoms in total. The van der Waals surface area contributed by atoms with Gasteiger partial charge in [-0.3, -0.25) is 4.79 Å². The van der Waals surface area contributed by atoms with E-state index in [1.165, 1.54) is 4.88 Å². The Balaban J connectivity index is 1.54. The van der Waals surface area contributed by atoms with Crippen molar-refractivity contribution in [3.05, 3.63) is 22.4 Å². The molecule has 0 bridgehead atoms. The minimum Gasteiger partial charge on any atom is -0.339 e. The summed E-state index contributed by atoms with van der Waals surface area (Å²) in [5.74, 6) is 0.737. The zero-order valence-corrected chi connectivity index (χ0v) is 15.2. The lowest BCUT2D eigenvalue weighted by atomic mass is 9.83. The molecular weight excluding hydrogens is 322 g/mol. The van der Waals surface area contributed by atoms with Gasteiger partial charge in [0.2, 0.25) is 5.91 Å². The molecule has 0 spiro atoms. The van der Waals surface area contributed by atoms with Gasteiger partial charge in [0, 0.05) is 37.0 Å². The molecule has 2 atom stereocenters. The number of hydrogen-bond acceptors (Lipinski definition) is 3. The highest BCUT2D eigenvalue weighted by Crippen LogP contribution is 2.31. The Morgan fingerprint density at radius 3 is 3.04 bits per heavy atom. The van der Waals surface area contributed by atoms with Gasteiger partial charge in [-0.15, -0.1) is 11.3 Å². The third kappa shape index (κ3) is 3.91. The van der Waals surface area contributed by atoms with E-state index in [1.807, 2.05) is 22.4 Å². The molecule has 3 rings (SSSR count). The topological polar surface area (TPSA) is 52.7 Å². The molecule has 132 valence electrons. The number of nitrogens with one attached hydrogen (secondary N) is 1. The van der Waals surface area contributed by atoms with E-state index in [0.29, 0.717) is 30.8 Å². The van der Waals surface area contributed by atoms with E-state index >= 15 is 0 Å². The first-order valence-corrected chi connectivity index (χ1v) is 9.91. The average Bonchev–Trinajstić information content (AvgIpc) is 3.12. The fraction of sp³-hybridized carbons (Fsp3) is 0.667. The van der Waals surface area contributed by atoms with Crippen molar-refractivity contribution in [2.45, 2.75) is 51.6 Å². The van der Waals surface area contributed by atoms with Crippen LogP contribution in [0.25, 0.3) is 0 Å². The second-order valence-electron chi connectivity index (χ2n) is 6.78. The minimum absolute atomic E-state index is 0.0267. The predicted octanol–water partition coefficient (Wildman–Crippen LogP) is 3.07. The van der Waals surface area contributed by atoms with Gasteiger partial charge in [-0.1, -0.05) is 19.4 Å². The van der Waals surface area contributed by atoms with Gasteiger partial charge in [-0.05, 0) is 36.6 Å². The Kier molecular flexibility index (Phi) is 5.76. The molecule has 1 N–H and O–H groups in total. The van der Waals surface area contributed by atoms with Crippen LogP contribution in [0.1, 0.15) is 43.9 Å². The summed E-state index contributed by atoms with van der Waals surface area (Å²) in [4.78, 5) is 29.9. The van der Waals surface area contributed by atoms with Crippen LogP contribution >= 0.6 is 11.3 Å². The molecule has 0 aliphatic carbocycles. The van der Waals surface area contributed by atoms with E-state index in [9.17, 15) is 9.59 Å². The van der Waals surface area contributed by atoms with Gasteiger partial charge in [0.15, 0.2) is 0 Å². The summed E-state index contributed by atoms with van der Waals surface area (Å²) in [5, 5.41) is 5.05. The number of piperidine rings is 2. The second-order valence-corrected chi connectivity index (χ2v) is 7.81. The van der Waals surface area contributed by atoms with Crippen molar-refractivity contribution >= 4 is 23.3 Å². The molecule has 6 heteroatoms. The van der Waals surface area contributed by atoms with Crippen LogP contribution in [0.3, 0.4) is 0 Å². The van der Waals surface area contributed by atoms with E-state index in [4.69, 9.17) is 0 Å². The van der Waals surface area contributed by atoms with Gasteiger partial charge in [0.25, 0.3) is 0 Å². The molecule has 1 aromatic heterocycles. The minimum atomic E-state index is 0.0267. The third-order valence-electron chi connectivity index (χ3n) is 5.18. The molecule has 2 fully saturated rings. The molecule has 24 heavy (non-hydrogen) atoms. The van der Waals surface area contributed by atoms with Gasteiger partial charge < -0.3 is 15.1 Å². The van der Waals surface area contributed by atoms with Crippen LogP contribution in [-0.4, -0.2) is 47.4 Å². The molecule has 0 aromatic carbocycles. The molecule has 1 aromatic rings. The van der Waals surface area contributed by atoms with Crippen molar-refractivity contribution in [2.75, 3.05) is 19.6 Å². The number of carbonyl (C=O) groups is 2. The lowest BCUT2D eigenvalue weighted by Crippen LogP contribution is -2.58. The first-order chi connectivity index (χ1) is 11.7. The molecule has 3 amide bonds. The van der Waals surface area contributed by atoms with Crippen molar-refractivity contribution < 1.29 is 9.59 Å². The number of likely N-dealkylation sites (tertiary alicyclic amines) is 2. The van der Waals surface area contributed by atoms with Crippen molar-refractivity contribution in [1.29, 1.82) is 0 Å². The van der Waals surface area contributed by atoms with E-state index in [2.05, 4.69) is 17.1 Å². The highest BCUT2D eigenvalue weighted by atomic mass is 32.1. The zero-order chi connectivity index (χ0) is 16.9. The fourth-order valence-corrected chi connectivity index (χ4v) is 4.49. The second kappa shape index (κ2) is 8.01. The first kappa shape index (κ1) is 17.3. The predicted molar refractivity (Wildman–Crippen MR) is 95.9 cm³/mol. The highest BCUT2D eigenvalue weighted by Gasteiger charge is 2.39. The zero-order valence-electron chi connectivity index (χ0n) is 14.4. The number of thiophene rings is 1. The molecule has 2 aliphatic rings. The van der Waals surface area contributed by atoms with Crippen molar-refractivity contribution in [3.8, 4) is 0 Å². The van der Waals surface area contributed by atoms with E-state index in [0.717, 1.165) is 45.3 Å². The maximum atomic E-state index is 12.4. The molecule has 0 radical (unpaired) electrons. The first-order valence-electron chi connectivity index (χ1n) is 9.03. The van der Waals surface area contributed by atoms with E-state index in [1.54, 1.807) is 11.3 Å². The van der Waals surface area contributed by atoms with Crippen molar-refractivity contribution in [1.82, 2.24) is 15.1 Å². The van der Waals surface area contributed by atoms with Gasteiger partial charge in [-0.2, -0.15) is 0 Å². The Hall–Kier alpha value is -1.56. The Labute approximate surface area is 148 Å². The Morgan fingerprint density at radius 2 is 2.29 bits per heavy atom. The smallest absolute Gasteiger partial charge is 0.317 e. The largest absolute Gasteiger partial charge is 0.339 e. The van der Waals surface area contributed by atoms with Crippen molar-refractivity contribution in [3.63, 3.8) is 0 Å². The van der Waals surface area contributed by atoms with Crippen LogP contribution in [-0.2, 0) is 11.3 Å². The van der Waals surface area contributed by atoms with Crippen LogP contribution in [0, 0.1) is 5.92 Å². The number of carbonyl (C=O) groups excluding carboxylic acids is 2. The summed E-state index contributed by atoms with van der Waals surface area (Å²) in [5.41, 5.74) is 0. The van der Waals surface area contributed by atoms with Gasteiger partial charge in [-0.25, -0.2) is 4.79 Å². The maximum Gasteiger partial charge on any atom is 0.317 e. The van der Waals surface area contributed by atoms with Crippen molar-refractivity contribution in [2.24, 2.45) is 5.92 Å². The standard InChI is InChI=1S/C18H27N3O2S/c1-2-3-9-21-16-8-10-20(13-14(16)6-7-17(21)22)18(23)19-12-15-5-4-11-24-15/h4-5,11,14,16H,2-3,6-10,12-13H2,1H3,(H,19,23)/t14-,16+/m0/s1. The Bertz CT molecular complexity index is 561. The quantitative estimate of drug-likeness (QED) is 0.888. The highest BCUT2D eigenvalue weighted by molar-refractivity contribution is 7.09. The number of urea groups is 1. The Morgan fingerprint density at radius 1 is 1.42 bits per heavy atom.